The predicted octanol–water partition coefficient (Wildman–Crippen LogP) is 5.61. The van der Waals surface area contributed by atoms with Crippen LogP contribution in [0.25, 0.3) is 10.9 Å². The van der Waals surface area contributed by atoms with E-state index in [-0.39, 0.29) is 11.9 Å². The van der Waals surface area contributed by atoms with E-state index in [1.54, 1.807) is 0 Å². The molecule has 0 spiro atoms. The van der Waals surface area contributed by atoms with Crippen LogP contribution in [-0.2, 0) is 11.2 Å². The van der Waals surface area contributed by atoms with E-state index >= 15 is 0 Å². The van der Waals surface area contributed by atoms with Crippen molar-refractivity contribution < 1.29 is 9.59 Å². The Morgan fingerprint density at radius 3 is 2.36 bits per heavy atom. The van der Waals surface area contributed by atoms with Gasteiger partial charge in [0.1, 0.15) is 6.04 Å². The molecule has 1 atom stereocenters. The van der Waals surface area contributed by atoms with Crippen LogP contribution in [0.1, 0.15) is 67.6 Å². The maximum atomic E-state index is 14.0. The fourth-order valence-electron chi connectivity index (χ4n) is 7.21. The summed E-state index contributed by atoms with van der Waals surface area (Å²) in [7, 11) is 0. The molecular weight excluding hydrogens is 592 g/mol. The van der Waals surface area contributed by atoms with E-state index in [9.17, 15) is 9.59 Å². The number of likely N-dealkylation sites (tertiary alicyclic amines) is 3. The molecule has 0 saturated carbocycles. The molecule has 3 amide bonds. The summed E-state index contributed by atoms with van der Waals surface area (Å²) in [5.74, 6) is 0.487. The number of piperidine rings is 3. The van der Waals surface area contributed by atoms with E-state index in [2.05, 4.69) is 79.7 Å². The highest BCUT2D eigenvalue weighted by atomic mass is 79.9. The first-order valence-electron chi connectivity index (χ1n) is 15.7. The fourth-order valence-corrected chi connectivity index (χ4v) is 7.48. The van der Waals surface area contributed by atoms with Crippen molar-refractivity contribution in [2.24, 2.45) is 0 Å². The number of carbonyl (C=O) groups is 2. The van der Waals surface area contributed by atoms with Crippen molar-refractivity contribution in [3.05, 3.63) is 63.8 Å². The lowest BCUT2D eigenvalue weighted by molar-refractivity contribution is -0.134. The zero-order chi connectivity index (χ0) is 29.1. The molecule has 0 radical (unpaired) electrons. The number of nitrogens with zero attached hydrogens (tertiary/aromatic N) is 4. The van der Waals surface area contributed by atoms with Crippen LogP contribution in [0.2, 0.25) is 0 Å². The monoisotopic (exact) mass is 634 g/mol. The molecule has 2 aromatic carbocycles. The van der Waals surface area contributed by atoms with Gasteiger partial charge in [-0.25, -0.2) is 4.79 Å². The average molecular weight is 636 g/mol. The van der Waals surface area contributed by atoms with Gasteiger partial charge in [0.05, 0.1) is 11.7 Å². The number of carbonyl (C=O) groups excluding carboxylic acids is 2. The van der Waals surface area contributed by atoms with Gasteiger partial charge in [0.25, 0.3) is 0 Å². The summed E-state index contributed by atoms with van der Waals surface area (Å²) in [5.41, 5.74) is 4.47. The second-order valence-corrected chi connectivity index (χ2v) is 13.3. The van der Waals surface area contributed by atoms with Gasteiger partial charge in [-0.3, -0.25) is 9.89 Å². The summed E-state index contributed by atoms with van der Waals surface area (Å²) in [6, 6.07) is 12.6. The lowest BCUT2D eigenvalue weighted by atomic mass is 9.89. The summed E-state index contributed by atoms with van der Waals surface area (Å²) < 4.78 is 1.08. The molecule has 3 aromatic rings. The van der Waals surface area contributed by atoms with E-state index in [4.69, 9.17) is 0 Å². The number of H-pyrrole nitrogens is 1. The standard InChI is InChI=1S/C33H43BrN6O2/c1-23-19-24(20-27-22-35-37-31(23)27)21-30(32(41)39-17-11-29(12-18-39)38-13-3-2-4-14-38)36-33(42)40-15-9-26(10-16-40)25-5-7-28(34)8-6-25/h5-8,19-20,22,26,29-30H,2-4,9-18,21H2,1H3,(H,35,37)(H,36,42)/t30-/m1/s1. The number of aromatic amines is 1. The van der Waals surface area contributed by atoms with Crippen LogP contribution in [-0.4, -0.2) is 88.2 Å². The minimum absolute atomic E-state index is 0.0372. The summed E-state index contributed by atoms with van der Waals surface area (Å²) in [4.78, 5) is 34.1. The number of rotatable bonds is 6. The van der Waals surface area contributed by atoms with Gasteiger partial charge in [-0.2, -0.15) is 5.10 Å². The number of urea groups is 1. The van der Waals surface area contributed by atoms with Crippen molar-refractivity contribution >= 4 is 38.8 Å². The number of aryl methyl sites for hydroxylation is 1. The average Bonchev–Trinajstić information content (AvgIpc) is 3.51. The number of hydrogen-bond donors (Lipinski definition) is 2. The highest BCUT2D eigenvalue weighted by Crippen LogP contribution is 2.29. The Kier molecular flexibility index (Phi) is 9.14. The number of halogens is 1. The highest BCUT2D eigenvalue weighted by molar-refractivity contribution is 9.10. The van der Waals surface area contributed by atoms with Crippen molar-refractivity contribution in [2.75, 3.05) is 39.3 Å². The molecule has 9 heteroatoms. The van der Waals surface area contributed by atoms with Crippen molar-refractivity contribution in [3.8, 4) is 0 Å². The third-order valence-electron chi connectivity index (χ3n) is 9.65. The number of aromatic nitrogens is 2. The number of fused-ring (bicyclic) bond motifs is 1. The third kappa shape index (κ3) is 6.67. The Bertz CT molecular complexity index is 1370. The lowest BCUT2D eigenvalue weighted by Gasteiger charge is -2.41. The molecule has 1 aromatic heterocycles. The fraction of sp³-hybridized carbons (Fsp3) is 0.545. The SMILES string of the molecule is Cc1cc(C[C@@H](NC(=O)N2CCC(c3ccc(Br)cc3)CC2)C(=O)N2CCC(N3CCCCC3)CC2)cc2cn[nH]c12. The first-order valence-corrected chi connectivity index (χ1v) is 16.5. The van der Waals surface area contributed by atoms with Gasteiger partial charge < -0.3 is 20.0 Å². The smallest absolute Gasteiger partial charge is 0.318 e. The van der Waals surface area contributed by atoms with Crippen LogP contribution in [0.4, 0.5) is 4.79 Å². The minimum Gasteiger partial charge on any atom is -0.341 e. The second kappa shape index (κ2) is 13.2. The minimum atomic E-state index is -0.600. The third-order valence-corrected chi connectivity index (χ3v) is 10.2. The topological polar surface area (TPSA) is 84.6 Å². The molecule has 6 rings (SSSR count). The molecule has 0 unspecified atom stereocenters. The van der Waals surface area contributed by atoms with E-state index in [0.717, 1.165) is 65.3 Å². The summed E-state index contributed by atoms with van der Waals surface area (Å²) in [6.45, 7) is 7.32. The van der Waals surface area contributed by atoms with Gasteiger partial charge in [0, 0.05) is 48.5 Å². The van der Waals surface area contributed by atoms with Crippen LogP contribution in [0.15, 0.2) is 47.1 Å². The molecule has 2 N–H and O–H groups in total. The molecule has 3 saturated heterocycles. The van der Waals surface area contributed by atoms with E-state index in [0.29, 0.717) is 31.5 Å². The van der Waals surface area contributed by atoms with Gasteiger partial charge in [0.2, 0.25) is 5.91 Å². The van der Waals surface area contributed by atoms with Crippen molar-refractivity contribution in [1.82, 2.24) is 30.2 Å². The summed E-state index contributed by atoms with van der Waals surface area (Å²) in [6.07, 6.45) is 10.1. The quantitative estimate of drug-likeness (QED) is 0.369. The van der Waals surface area contributed by atoms with Crippen molar-refractivity contribution in [3.63, 3.8) is 0 Å². The number of hydrogen-bond acceptors (Lipinski definition) is 4. The van der Waals surface area contributed by atoms with E-state index < -0.39 is 6.04 Å². The van der Waals surface area contributed by atoms with Gasteiger partial charge in [-0.05, 0) is 99.3 Å². The van der Waals surface area contributed by atoms with Gasteiger partial charge >= 0.3 is 6.03 Å². The maximum absolute atomic E-state index is 14.0. The summed E-state index contributed by atoms with van der Waals surface area (Å²) in [5, 5.41) is 11.5. The van der Waals surface area contributed by atoms with Gasteiger partial charge in [0.15, 0.2) is 0 Å². The second-order valence-electron chi connectivity index (χ2n) is 12.4. The van der Waals surface area contributed by atoms with E-state index in [1.165, 1.54) is 37.9 Å². The Morgan fingerprint density at radius 1 is 0.952 bits per heavy atom. The summed E-state index contributed by atoms with van der Waals surface area (Å²) >= 11 is 3.52. The first kappa shape index (κ1) is 29.2. The maximum Gasteiger partial charge on any atom is 0.318 e. The van der Waals surface area contributed by atoms with Crippen LogP contribution >= 0.6 is 15.9 Å². The van der Waals surface area contributed by atoms with E-state index in [1.807, 2.05) is 16.0 Å². The zero-order valence-electron chi connectivity index (χ0n) is 24.7. The Labute approximate surface area is 257 Å². The van der Waals surface area contributed by atoms with Crippen LogP contribution in [0.3, 0.4) is 0 Å². The largest absolute Gasteiger partial charge is 0.341 e. The Balaban J connectivity index is 1.12. The molecule has 3 fully saturated rings. The lowest BCUT2D eigenvalue weighted by Crippen LogP contribution is -2.56. The first-order chi connectivity index (χ1) is 20.4. The Morgan fingerprint density at radius 2 is 1.64 bits per heavy atom. The Hall–Kier alpha value is -2.91. The van der Waals surface area contributed by atoms with Crippen molar-refractivity contribution in [2.45, 2.75) is 76.3 Å². The van der Waals surface area contributed by atoms with Crippen LogP contribution < -0.4 is 5.32 Å². The molecule has 0 aliphatic carbocycles. The number of amides is 3. The molecule has 42 heavy (non-hydrogen) atoms. The molecule has 0 bridgehead atoms. The molecule has 8 nitrogen and oxygen atoms in total. The zero-order valence-corrected chi connectivity index (χ0v) is 26.2. The predicted molar refractivity (Wildman–Crippen MR) is 170 cm³/mol. The van der Waals surface area contributed by atoms with Crippen LogP contribution in [0, 0.1) is 6.92 Å². The number of benzene rings is 2. The molecule has 3 aliphatic rings. The van der Waals surface area contributed by atoms with Gasteiger partial charge in [-0.15, -0.1) is 0 Å². The molecule has 224 valence electrons. The molecule has 3 aliphatic heterocycles. The van der Waals surface area contributed by atoms with Gasteiger partial charge in [-0.1, -0.05) is 40.5 Å². The van der Waals surface area contributed by atoms with Crippen LogP contribution in [0.5, 0.6) is 0 Å². The normalized spacial score (nSPS) is 20.1. The highest BCUT2D eigenvalue weighted by Gasteiger charge is 2.33. The van der Waals surface area contributed by atoms with Crippen molar-refractivity contribution in [1.29, 1.82) is 0 Å². The molecular formula is C33H43BrN6O2. The number of nitrogens with one attached hydrogen (secondary N) is 2. The molecule has 4 heterocycles.